The minimum absolute atomic E-state index is 0.116. The number of para-hydroxylation sites is 1. The third-order valence-electron chi connectivity index (χ3n) is 3.60. The average molecular weight is 340 g/mol. The molecule has 0 saturated carbocycles. The van der Waals surface area contributed by atoms with E-state index < -0.39 is 16.1 Å². The van der Waals surface area contributed by atoms with Crippen molar-refractivity contribution < 1.29 is 17.9 Å². The smallest absolute Gasteiger partial charge is 0.238 e. The van der Waals surface area contributed by atoms with Crippen molar-refractivity contribution in [2.24, 2.45) is 5.92 Å². The van der Waals surface area contributed by atoms with Crippen LogP contribution in [0.1, 0.15) is 25.8 Å². The Bertz CT molecular complexity index is 633. The molecule has 128 valence electrons. The fourth-order valence-electron chi connectivity index (χ4n) is 2.64. The number of rotatable bonds is 7. The maximum atomic E-state index is 12.3. The van der Waals surface area contributed by atoms with Gasteiger partial charge in [-0.25, -0.2) is 13.1 Å². The summed E-state index contributed by atoms with van der Waals surface area (Å²) in [5.74, 6) is 0.732. The molecular weight excluding hydrogens is 316 g/mol. The summed E-state index contributed by atoms with van der Waals surface area (Å²) in [7, 11) is -3.44. The number of amides is 1. The number of nitrogens with one attached hydrogen (secondary N) is 2. The predicted molar refractivity (Wildman–Crippen MR) is 88.8 cm³/mol. The SMILES string of the molecule is CC(C)CC(NS(C)(=O)=O)C(=O)NCC1Cc2ccccc2O1. The number of carbonyl (C=O) groups is 1. The zero-order valence-electron chi connectivity index (χ0n) is 13.7. The normalized spacial score (nSPS) is 18.3. The van der Waals surface area contributed by atoms with Crippen molar-refractivity contribution in [1.29, 1.82) is 0 Å². The van der Waals surface area contributed by atoms with Crippen LogP contribution in [0.4, 0.5) is 0 Å². The Hall–Kier alpha value is -1.60. The first-order valence-electron chi connectivity index (χ1n) is 7.74. The molecule has 0 saturated heterocycles. The number of hydrogen-bond acceptors (Lipinski definition) is 4. The van der Waals surface area contributed by atoms with Crippen molar-refractivity contribution >= 4 is 15.9 Å². The highest BCUT2D eigenvalue weighted by molar-refractivity contribution is 7.88. The molecule has 2 N–H and O–H groups in total. The van der Waals surface area contributed by atoms with Crippen molar-refractivity contribution in [2.45, 2.75) is 38.8 Å². The topological polar surface area (TPSA) is 84.5 Å². The Balaban J connectivity index is 1.89. The van der Waals surface area contributed by atoms with E-state index in [9.17, 15) is 13.2 Å². The molecule has 2 rings (SSSR count). The van der Waals surface area contributed by atoms with E-state index in [-0.39, 0.29) is 17.9 Å². The fraction of sp³-hybridized carbons (Fsp3) is 0.562. The standard InChI is InChI=1S/C16H24N2O4S/c1-11(2)8-14(18-23(3,20)21)16(19)17-10-13-9-12-6-4-5-7-15(12)22-13/h4-7,11,13-14,18H,8-10H2,1-3H3,(H,17,19). The van der Waals surface area contributed by atoms with E-state index in [0.29, 0.717) is 13.0 Å². The number of sulfonamides is 1. The van der Waals surface area contributed by atoms with Gasteiger partial charge < -0.3 is 10.1 Å². The van der Waals surface area contributed by atoms with Crippen molar-refractivity contribution in [3.05, 3.63) is 29.8 Å². The van der Waals surface area contributed by atoms with Crippen LogP contribution in [0.2, 0.25) is 0 Å². The third kappa shape index (κ3) is 5.51. The van der Waals surface area contributed by atoms with Gasteiger partial charge in [0, 0.05) is 6.42 Å². The highest BCUT2D eigenvalue weighted by Crippen LogP contribution is 2.27. The highest BCUT2D eigenvalue weighted by atomic mass is 32.2. The molecule has 2 unspecified atom stereocenters. The molecule has 7 heteroatoms. The Morgan fingerprint density at radius 3 is 2.65 bits per heavy atom. The molecule has 1 amide bonds. The van der Waals surface area contributed by atoms with Crippen molar-refractivity contribution in [3.8, 4) is 5.75 Å². The maximum Gasteiger partial charge on any atom is 0.238 e. The lowest BCUT2D eigenvalue weighted by atomic mass is 10.0. The van der Waals surface area contributed by atoms with Crippen LogP contribution in [0.5, 0.6) is 5.75 Å². The van der Waals surface area contributed by atoms with Crippen LogP contribution in [0.15, 0.2) is 24.3 Å². The molecule has 1 heterocycles. The maximum absolute atomic E-state index is 12.3. The Labute approximate surface area is 137 Å². The number of fused-ring (bicyclic) bond motifs is 1. The average Bonchev–Trinajstić information content (AvgIpc) is 2.84. The molecule has 1 aliphatic heterocycles. The second kappa shape index (κ2) is 7.31. The van der Waals surface area contributed by atoms with E-state index >= 15 is 0 Å². The Morgan fingerprint density at radius 2 is 2.04 bits per heavy atom. The first-order chi connectivity index (χ1) is 10.7. The van der Waals surface area contributed by atoms with Gasteiger partial charge in [0.1, 0.15) is 17.9 Å². The third-order valence-corrected chi connectivity index (χ3v) is 4.31. The van der Waals surface area contributed by atoms with Crippen molar-refractivity contribution in [3.63, 3.8) is 0 Å². The zero-order valence-corrected chi connectivity index (χ0v) is 14.5. The predicted octanol–water partition coefficient (Wildman–Crippen LogP) is 1.07. The van der Waals surface area contributed by atoms with Crippen LogP contribution in [0.3, 0.4) is 0 Å². The van der Waals surface area contributed by atoms with Gasteiger partial charge >= 0.3 is 0 Å². The highest BCUT2D eigenvalue weighted by Gasteiger charge is 2.26. The van der Waals surface area contributed by atoms with E-state index in [1.807, 2.05) is 38.1 Å². The molecule has 0 aromatic heterocycles. The molecule has 2 atom stereocenters. The van der Waals surface area contributed by atoms with Gasteiger partial charge in [-0.1, -0.05) is 32.0 Å². The molecular formula is C16H24N2O4S. The number of hydrogen-bond donors (Lipinski definition) is 2. The molecule has 0 aliphatic carbocycles. The van der Waals surface area contributed by atoms with Crippen LogP contribution in [-0.2, 0) is 21.2 Å². The Morgan fingerprint density at radius 1 is 1.35 bits per heavy atom. The first kappa shape index (κ1) is 17.7. The van der Waals surface area contributed by atoms with E-state index in [0.717, 1.165) is 24.0 Å². The van der Waals surface area contributed by atoms with Gasteiger partial charge in [0.25, 0.3) is 0 Å². The molecule has 0 fully saturated rings. The van der Waals surface area contributed by atoms with Gasteiger partial charge in [0.2, 0.25) is 15.9 Å². The summed E-state index contributed by atoms with van der Waals surface area (Å²) in [5.41, 5.74) is 1.12. The van der Waals surface area contributed by atoms with Gasteiger partial charge in [0.05, 0.1) is 12.8 Å². The summed E-state index contributed by atoms with van der Waals surface area (Å²) in [6, 6.07) is 7.02. The van der Waals surface area contributed by atoms with Crippen LogP contribution < -0.4 is 14.8 Å². The van der Waals surface area contributed by atoms with E-state index in [1.54, 1.807) is 0 Å². The van der Waals surface area contributed by atoms with Crippen LogP contribution in [0, 0.1) is 5.92 Å². The van der Waals surface area contributed by atoms with E-state index in [2.05, 4.69) is 10.0 Å². The van der Waals surface area contributed by atoms with Gasteiger partial charge in [-0.05, 0) is 24.0 Å². The quantitative estimate of drug-likeness (QED) is 0.778. The van der Waals surface area contributed by atoms with Crippen molar-refractivity contribution in [2.75, 3.05) is 12.8 Å². The van der Waals surface area contributed by atoms with Gasteiger partial charge in [-0.15, -0.1) is 0 Å². The van der Waals surface area contributed by atoms with Crippen LogP contribution in [-0.4, -0.2) is 39.3 Å². The lowest BCUT2D eigenvalue weighted by Gasteiger charge is -2.20. The monoisotopic (exact) mass is 340 g/mol. The summed E-state index contributed by atoms with van der Waals surface area (Å²) >= 11 is 0. The zero-order chi connectivity index (χ0) is 17.0. The largest absolute Gasteiger partial charge is 0.488 e. The van der Waals surface area contributed by atoms with Crippen LogP contribution in [0.25, 0.3) is 0 Å². The van der Waals surface area contributed by atoms with E-state index in [4.69, 9.17) is 4.74 Å². The van der Waals surface area contributed by atoms with E-state index in [1.165, 1.54) is 0 Å². The molecule has 0 bridgehead atoms. The summed E-state index contributed by atoms with van der Waals surface area (Å²) in [6.45, 7) is 4.25. The molecule has 1 aliphatic rings. The Kier molecular flexibility index (Phi) is 5.64. The summed E-state index contributed by atoms with van der Waals surface area (Å²) in [5, 5.41) is 2.80. The molecule has 6 nitrogen and oxygen atoms in total. The fourth-order valence-corrected chi connectivity index (χ4v) is 3.36. The van der Waals surface area contributed by atoms with Crippen molar-refractivity contribution in [1.82, 2.24) is 10.0 Å². The van der Waals surface area contributed by atoms with Gasteiger partial charge in [-0.3, -0.25) is 4.79 Å². The minimum Gasteiger partial charge on any atom is -0.488 e. The van der Waals surface area contributed by atoms with Gasteiger partial charge in [0.15, 0.2) is 0 Å². The molecule has 23 heavy (non-hydrogen) atoms. The van der Waals surface area contributed by atoms with Crippen LogP contribution >= 0.6 is 0 Å². The minimum atomic E-state index is -3.44. The number of ether oxygens (including phenoxy) is 1. The number of carbonyl (C=O) groups excluding carboxylic acids is 1. The molecule has 0 radical (unpaired) electrons. The lowest BCUT2D eigenvalue weighted by Crippen LogP contribution is -2.49. The number of benzene rings is 1. The first-order valence-corrected chi connectivity index (χ1v) is 9.63. The summed E-state index contributed by atoms with van der Waals surface area (Å²) in [4.78, 5) is 12.3. The molecule has 1 aromatic carbocycles. The summed E-state index contributed by atoms with van der Waals surface area (Å²) < 4.78 is 31.0. The summed E-state index contributed by atoms with van der Waals surface area (Å²) in [6.07, 6.45) is 2.13. The second-order valence-corrected chi connectivity index (χ2v) is 8.15. The lowest BCUT2D eigenvalue weighted by molar-refractivity contribution is -0.123. The van der Waals surface area contributed by atoms with Gasteiger partial charge in [-0.2, -0.15) is 0 Å². The second-order valence-electron chi connectivity index (χ2n) is 6.37. The molecule has 1 aromatic rings. The molecule has 0 spiro atoms.